The van der Waals surface area contributed by atoms with Crippen molar-refractivity contribution in [1.82, 2.24) is 0 Å². The first-order valence-electron chi connectivity index (χ1n) is 3.59. The molecule has 0 radical (unpaired) electrons. The first-order valence-corrected chi connectivity index (χ1v) is 3.96. The predicted molar refractivity (Wildman–Crippen MR) is 52.3 cm³/mol. The van der Waals surface area contributed by atoms with Crippen LogP contribution in [0.3, 0.4) is 0 Å². The second-order valence-corrected chi connectivity index (χ2v) is 2.58. The van der Waals surface area contributed by atoms with E-state index < -0.39 is 0 Å². The van der Waals surface area contributed by atoms with Gasteiger partial charge < -0.3 is 0 Å². The van der Waals surface area contributed by atoms with Gasteiger partial charge in [-0.05, 0) is 17.7 Å². The summed E-state index contributed by atoms with van der Waals surface area (Å²) in [6.45, 7) is 0.168. The van der Waals surface area contributed by atoms with Crippen LogP contribution in [-0.2, 0) is 0 Å². The highest BCUT2D eigenvalue weighted by Gasteiger charge is 1.91. The van der Waals surface area contributed by atoms with Gasteiger partial charge in [-0.3, -0.25) is 0 Å². The van der Waals surface area contributed by atoms with E-state index in [4.69, 9.17) is 17.1 Å². The summed E-state index contributed by atoms with van der Waals surface area (Å²) in [6, 6.07) is 7.26. The molecule has 0 fully saturated rings. The third-order valence-corrected chi connectivity index (χ3v) is 1.64. The molecule has 0 heterocycles. The standard InChI is InChI=1S/C9H6ClN3/c10-9-6-2-1-4-8(9)5-3-7-12-13-11/h1-2,4,6H,7H2. The van der Waals surface area contributed by atoms with Gasteiger partial charge in [0.25, 0.3) is 0 Å². The average molecular weight is 192 g/mol. The Morgan fingerprint density at radius 2 is 2.23 bits per heavy atom. The quantitative estimate of drug-likeness (QED) is 0.284. The van der Waals surface area contributed by atoms with Crippen molar-refractivity contribution in [2.45, 2.75) is 0 Å². The lowest BCUT2D eigenvalue weighted by atomic mass is 10.2. The topological polar surface area (TPSA) is 48.8 Å². The van der Waals surface area contributed by atoms with Crippen molar-refractivity contribution in [2.75, 3.05) is 6.54 Å². The third-order valence-electron chi connectivity index (χ3n) is 1.31. The first-order chi connectivity index (χ1) is 6.34. The fourth-order valence-corrected chi connectivity index (χ4v) is 0.947. The third kappa shape index (κ3) is 3.08. The zero-order valence-corrected chi connectivity index (χ0v) is 7.49. The highest BCUT2D eigenvalue weighted by Crippen LogP contribution is 2.12. The van der Waals surface area contributed by atoms with E-state index in [0.717, 1.165) is 5.56 Å². The van der Waals surface area contributed by atoms with Crippen LogP contribution in [0.1, 0.15) is 5.56 Å². The van der Waals surface area contributed by atoms with Crippen molar-refractivity contribution in [3.63, 3.8) is 0 Å². The van der Waals surface area contributed by atoms with E-state index in [-0.39, 0.29) is 6.54 Å². The van der Waals surface area contributed by atoms with Gasteiger partial charge in [-0.1, -0.05) is 40.7 Å². The van der Waals surface area contributed by atoms with Crippen molar-refractivity contribution < 1.29 is 0 Å². The van der Waals surface area contributed by atoms with Gasteiger partial charge in [0.2, 0.25) is 0 Å². The van der Waals surface area contributed by atoms with E-state index >= 15 is 0 Å². The molecule has 0 aliphatic heterocycles. The van der Waals surface area contributed by atoms with E-state index in [0.29, 0.717) is 5.02 Å². The number of halogens is 1. The van der Waals surface area contributed by atoms with Gasteiger partial charge in [0, 0.05) is 10.5 Å². The van der Waals surface area contributed by atoms with E-state index in [9.17, 15) is 0 Å². The molecule has 0 aromatic heterocycles. The molecule has 0 bridgehead atoms. The second-order valence-electron chi connectivity index (χ2n) is 2.17. The largest absolute Gasteiger partial charge is 0.0918 e. The van der Waals surface area contributed by atoms with Crippen molar-refractivity contribution >= 4 is 11.6 Å². The Kier molecular flexibility index (Phi) is 3.72. The summed E-state index contributed by atoms with van der Waals surface area (Å²) in [5.74, 6) is 5.49. The van der Waals surface area contributed by atoms with Crippen LogP contribution in [0.2, 0.25) is 5.02 Å². The second kappa shape index (κ2) is 5.10. The van der Waals surface area contributed by atoms with Crippen LogP contribution < -0.4 is 0 Å². The monoisotopic (exact) mass is 191 g/mol. The van der Waals surface area contributed by atoms with Gasteiger partial charge in [0.05, 0.1) is 11.6 Å². The zero-order valence-electron chi connectivity index (χ0n) is 6.74. The fourth-order valence-electron chi connectivity index (χ4n) is 0.764. The first kappa shape index (κ1) is 9.47. The molecule has 0 saturated carbocycles. The molecule has 4 heteroatoms. The lowest BCUT2D eigenvalue weighted by Gasteiger charge is -1.91. The normalized spacial score (nSPS) is 8.08. The maximum atomic E-state index is 7.98. The van der Waals surface area contributed by atoms with Gasteiger partial charge in [-0.25, -0.2) is 0 Å². The van der Waals surface area contributed by atoms with E-state index in [1.807, 2.05) is 18.2 Å². The minimum absolute atomic E-state index is 0.168. The minimum atomic E-state index is 0.168. The molecular formula is C9H6ClN3. The Labute approximate surface area is 81.0 Å². The van der Waals surface area contributed by atoms with Crippen LogP contribution in [0.25, 0.3) is 10.4 Å². The number of azide groups is 1. The summed E-state index contributed by atoms with van der Waals surface area (Å²) < 4.78 is 0. The van der Waals surface area contributed by atoms with Gasteiger partial charge >= 0.3 is 0 Å². The minimum Gasteiger partial charge on any atom is -0.0918 e. The van der Waals surface area contributed by atoms with Crippen LogP contribution >= 0.6 is 11.6 Å². The lowest BCUT2D eigenvalue weighted by Crippen LogP contribution is -1.76. The van der Waals surface area contributed by atoms with Crippen molar-refractivity contribution in [1.29, 1.82) is 0 Å². The molecule has 0 unspecified atom stereocenters. The van der Waals surface area contributed by atoms with Crippen molar-refractivity contribution in [3.8, 4) is 11.8 Å². The Morgan fingerprint density at radius 3 is 2.92 bits per heavy atom. The number of nitrogens with zero attached hydrogens (tertiary/aromatic N) is 3. The van der Waals surface area contributed by atoms with Crippen LogP contribution in [0.4, 0.5) is 0 Å². The highest BCUT2D eigenvalue weighted by molar-refractivity contribution is 6.31. The Balaban J connectivity index is 2.77. The van der Waals surface area contributed by atoms with Crippen LogP contribution in [-0.4, -0.2) is 6.54 Å². The molecule has 13 heavy (non-hydrogen) atoms. The predicted octanol–water partition coefficient (Wildman–Crippen LogP) is 3.00. The summed E-state index contributed by atoms with van der Waals surface area (Å²) in [7, 11) is 0. The van der Waals surface area contributed by atoms with E-state index in [1.54, 1.807) is 6.07 Å². The molecule has 1 aromatic rings. The summed E-state index contributed by atoms with van der Waals surface area (Å²) in [5.41, 5.74) is 8.73. The Hall–Kier alpha value is -1.62. The number of rotatable bonds is 1. The van der Waals surface area contributed by atoms with Gasteiger partial charge in [0.15, 0.2) is 0 Å². The van der Waals surface area contributed by atoms with Gasteiger partial charge in [0.1, 0.15) is 0 Å². The summed E-state index contributed by atoms with van der Waals surface area (Å²) in [6.07, 6.45) is 0. The molecule has 0 amide bonds. The molecule has 0 saturated heterocycles. The van der Waals surface area contributed by atoms with Crippen LogP contribution in [0.15, 0.2) is 29.4 Å². The maximum Gasteiger partial charge on any atom is 0.0880 e. The SMILES string of the molecule is [N-]=[N+]=NCC#Cc1ccccc1Cl. The molecular weight excluding hydrogens is 186 g/mol. The summed E-state index contributed by atoms with van der Waals surface area (Å²) in [4.78, 5) is 2.58. The van der Waals surface area contributed by atoms with Gasteiger partial charge in [-0.2, -0.15) is 0 Å². The highest BCUT2D eigenvalue weighted by atomic mass is 35.5. The molecule has 0 atom stereocenters. The number of hydrogen-bond donors (Lipinski definition) is 0. The summed E-state index contributed by atoms with van der Waals surface area (Å²) in [5, 5.41) is 3.89. The molecule has 0 spiro atoms. The van der Waals surface area contributed by atoms with Crippen molar-refractivity contribution in [3.05, 3.63) is 45.3 Å². The molecule has 1 rings (SSSR count). The molecule has 0 N–H and O–H groups in total. The lowest BCUT2D eigenvalue weighted by molar-refractivity contribution is 1.25. The Morgan fingerprint density at radius 1 is 1.46 bits per heavy atom. The van der Waals surface area contributed by atoms with Crippen LogP contribution in [0, 0.1) is 11.8 Å². The summed E-state index contributed by atoms with van der Waals surface area (Å²) >= 11 is 5.83. The smallest absolute Gasteiger partial charge is 0.0880 e. The molecule has 64 valence electrons. The fraction of sp³-hybridized carbons (Fsp3) is 0.111. The zero-order chi connectivity index (χ0) is 9.52. The molecule has 0 aliphatic carbocycles. The maximum absolute atomic E-state index is 7.98. The Bertz CT molecular complexity index is 397. The van der Waals surface area contributed by atoms with Crippen LogP contribution in [0.5, 0.6) is 0 Å². The van der Waals surface area contributed by atoms with E-state index in [2.05, 4.69) is 21.9 Å². The number of hydrogen-bond acceptors (Lipinski definition) is 1. The van der Waals surface area contributed by atoms with Crippen molar-refractivity contribution in [2.24, 2.45) is 5.11 Å². The molecule has 1 aromatic carbocycles. The molecule has 0 aliphatic rings. The van der Waals surface area contributed by atoms with Gasteiger partial charge in [-0.15, -0.1) is 0 Å². The number of benzene rings is 1. The molecule has 3 nitrogen and oxygen atoms in total. The van der Waals surface area contributed by atoms with E-state index in [1.165, 1.54) is 0 Å². The average Bonchev–Trinajstić information content (AvgIpc) is 2.15.